The van der Waals surface area contributed by atoms with Crippen LogP contribution in [-0.2, 0) is 4.74 Å². The van der Waals surface area contributed by atoms with Gasteiger partial charge >= 0.3 is 0 Å². The molecule has 0 N–H and O–H groups in total. The molecule has 0 amide bonds. The summed E-state index contributed by atoms with van der Waals surface area (Å²) in [5.74, 6) is 0. The van der Waals surface area contributed by atoms with Crippen LogP contribution in [0.4, 0.5) is 0 Å². The lowest BCUT2D eigenvalue weighted by Crippen LogP contribution is -1.98. The van der Waals surface area contributed by atoms with Crippen molar-refractivity contribution < 1.29 is 4.74 Å². The van der Waals surface area contributed by atoms with Crippen molar-refractivity contribution in [3.63, 3.8) is 0 Å². The number of aromatic nitrogens is 1. The second kappa shape index (κ2) is 3.83. The molecule has 0 bridgehead atoms. The normalized spacial score (nSPS) is 13.4. The summed E-state index contributed by atoms with van der Waals surface area (Å²) in [6, 6.07) is 0. The Morgan fingerprint density at radius 3 is 2.82 bits per heavy atom. The van der Waals surface area contributed by atoms with E-state index in [9.17, 15) is 0 Å². The standard InChI is InChI=1S/C8H13NOS/c1-4-7(10-3)8-9-6(2)5-11-8/h5,7H,4H2,1-3H3. The first-order valence-electron chi connectivity index (χ1n) is 3.72. The lowest BCUT2D eigenvalue weighted by Gasteiger charge is -2.07. The topological polar surface area (TPSA) is 22.1 Å². The van der Waals surface area contributed by atoms with Crippen molar-refractivity contribution in [2.45, 2.75) is 26.4 Å². The van der Waals surface area contributed by atoms with Gasteiger partial charge in [0.2, 0.25) is 0 Å². The number of hydrogen-bond donors (Lipinski definition) is 0. The van der Waals surface area contributed by atoms with Crippen molar-refractivity contribution >= 4 is 11.3 Å². The van der Waals surface area contributed by atoms with Gasteiger partial charge in [-0.05, 0) is 13.3 Å². The van der Waals surface area contributed by atoms with Gasteiger partial charge in [0.1, 0.15) is 11.1 Å². The lowest BCUT2D eigenvalue weighted by atomic mass is 10.3. The third kappa shape index (κ3) is 2.01. The maximum absolute atomic E-state index is 5.25. The zero-order valence-corrected chi connectivity index (χ0v) is 7.94. The van der Waals surface area contributed by atoms with Crippen molar-refractivity contribution in [2.24, 2.45) is 0 Å². The van der Waals surface area contributed by atoms with E-state index in [4.69, 9.17) is 4.74 Å². The van der Waals surface area contributed by atoms with E-state index in [1.807, 2.05) is 6.92 Å². The van der Waals surface area contributed by atoms with Crippen LogP contribution in [0.1, 0.15) is 30.2 Å². The first-order chi connectivity index (χ1) is 5.27. The second-order valence-electron chi connectivity index (χ2n) is 2.46. The van der Waals surface area contributed by atoms with Gasteiger partial charge in [0.25, 0.3) is 0 Å². The van der Waals surface area contributed by atoms with Crippen LogP contribution >= 0.6 is 11.3 Å². The van der Waals surface area contributed by atoms with Gasteiger partial charge < -0.3 is 4.74 Å². The predicted molar refractivity (Wildman–Crippen MR) is 46.9 cm³/mol. The van der Waals surface area contributed by atoms with E-state index in [1.165, 1.54) is 0 Å². The van der Waals surface area contributed by atoms with Gasteiger partial charge in [-0.1, -0.05) is 6.92 Å². The summed E-state index contributed by atoms with van der Waals surface area (Å²) in [5, 5.41) is 3.14. The highest BCUT2D eigenvalue weighted by atomic mass is 32.1. The first kappa shape index (κ1) is 8.68. The van der Waals surface area contributed by atoms with Crippen molar-refractivity contribution in [1.82, 2.24) is 4.98 Å². The highest BCUT2D eigenvalue weighted by Crippen LogP contribution is 2.23. The number of ether oxygens (including phenoxy) is 1. The molecule has 3 heteroatoms. The lowest BCUT2D eigenvalue weighted by molar-refractivity contribution is 0.0997. The maximum Gasteiger partial charge on any atom is 0.122 e. The SMILES string of the molecule is CCC(OC)c1nc(C)cs1. The fraction of sp³-hybridized carbons (Fsp3) is 0.625. The number of rotatable bonds is 3. The van der Waals surface area contributed by atoms with E-state index >= 15 is 0 Å². The number of methoxy groups -OCH3 is 1. The van der Waals surface area contributed by atoms with Crippen LogP contribution < -0.4 is 0 Å². The van der Waals surface area contributed by atoms with E-state index in [1.54, 1.807) is 18.4 Å². The molecule has 0 saturated heterocycles. The fourth-order valence-electron chi connectivity index (χ4n) is 0.962. The van der Waals surface area contributed by atoms with Gasteiger partial charge in [0, 0.05) is 18.2 Å². The van der Waals surface area contributed by atoms with Crippen LogP contribution in [0, 0.1) is 6.92 Å². The number of aryl methyl sites for hydroxylation is 1. The average Bonchev–Trinajstić information content (AvgIpc) is 2.39. The van der Waals surface area contributed by atoms with Crippen LogP contribution in [-0.4, -0.2) is 12.1 Å². The molecule has 0 aliphatic carbocycles. The largest absolute Gasteiger partial charge is 0.374 e. The highest BCUT2D eigenvalue weighted by molar-refractivity contribution is 7.09. The van der Waals surface area contributed by atoms with Crippen LogP contribution in [0.15, 0.2) is 5.38 Å². The molecular weight excluding hydrogens is 158 g/mol. The Morgan fingerprint density at radius 2 is 2.45 bits per heavy atom. The molecule has 1 aromatic heterocycles. The maximum atomic E-state index is 5.25. The molecule has 1 aromatic rings. The van der Waals surface area contributed by atoms with Gasteiger partial charge in [0.15, 0.2) is 0 Å². The van der Waals surface area contributed by atoms with Gasteiger partial charge in [-0.3, -0.25) is 0 Å². The molecule has 0 saturated carbocycles. The smallest absolute Gasteiger partial charge is 0.122 e. The van der Waals surface area contributed by atoms with Crippen LogP contribution in [0.25, 0.3) is 0 Å². The minimum Gasteiger partial charge on any atom is -0.374 e. The average molecular weight is 171 g/mol. The summed E-state index contributed by atoms with van der Waals surface area (Å²) in [6.45, 7) is 4.10. The summed E-state index contributed by atoms with van der Waals surface area (Å²) in [7, 11) is 1.73. The van der Waals surface area contributed by atoms with Crippen molar-refractivity contribution in [2.75, 3.05) is 7.11 Å². The van der Waals surface area contributed by atoms with E-state index in [0.717, 1.165) is 17.1 Å². The minimum absolute atomic E-state index is 0.189. The van der Waals surface area contributed by atoms with E-state index < -0.39 is 0 Å². The summed E-state index contributed by atoms with van der Waals surface area (Å²) < 4.78 is 5.25. The molecule has 0 spiro atoms. The minimum atomic E-state index is 0.189. The van der Waals surface area contributed by atoms with Crippen LogP contribution in [0.3, 0.4) is 0 Å². The second-order valence-corrected chi connectivity index (χ2v) is 3.35. The molecule has 0 fully saturated rings. The van der Waals surface area contributed by atoms with Gasteiger partial charge in [-0.15, -0.1) is 11.3 Å². The molecule has 0 aliphatic rings. The predicted octanol–water partition coefficient (Wildman–Crippen LogP) is 2.55. The Bertz CT molecular complexity index is 218. The quantitative estimate of drug-likeness (QED) is 0.697. The number of nitrogens with zero attached hydrogens (tertiary/aromatic N) is 1. The van der Waals surface area contributed by atoms with Crippen LogP contribution in [0.5, 0.6) is 0 Å². The Labute approximate surface area is 71.2 Å². The molecule has 11 heavy (non-hydrogen) atoms. The molecule has 1 rings (SSSR count). The highest BCUT2D eigenvalue weighted by Gasteiger charge is 2.10. The number of thiazole rings is 1. The molecule has 1 unspecified atom stereocenters. The van der Waals surface area contributed by atoms with E-state index in [-0.39, 0.29) is 6.10 Å². The zero-order valence-electron chi connectivity index (χ0n) is 7.13. The third-order valence-electron chi connectivity index (χ3n) is 1.57. The Hall–Kier alpha value is -0.410. The molecule has 62 valence electrons. The Kier molecular flexibility index (Phi) is 3.02. The summed E-state index contributed by atoms with van der Waals surface area (Å²) in [4.78, 5) is 4.35. The van der Waals surface area contributed by atoms with E-state index in [2.05, 4.69) is 17.3 Å². The monoisotopic (exact) mass is 171 g/mol. The van der Waals surface area contributed by atoms with E-state index in [0.29, 0.717) is 0 Å². The Morgan fingerprint density at radius 1 is 1.73 bits per heavy atom. The summed E-state index contributed by atoms with van der Waals surface area (Å²) in [5.41, 5.74) is 1.08. The van der Waals surface area contributed by atoms with Gasteiger partial charge in [-0.2, -0.15) is 0 Å². The third-order valence-corrected chi connectivity index (χ3v) is 2.62. The fourth-order valence-corrected chi connectivity index (χ4v) is 1.92. The molecular formula is C8H13NOS. The summed E-state index contributed by atoms with van der Waals surface area (Å²) in [6.07, 6.45) is 1.18. The van der Waals surface area contributed by atoms with Gasteiger partial charge in [0.05, 0.1) is 0 Å². The van der Waals surface area contributed by atoms with Crippen molar-refractivity contribution in [3.05, 3.63) is 16.1 Å². The first-order valence-corrected chi connectivity index (χ1v) is 4.60. The van der Waals surface area contributed by atoms with Gasteiger partial charge in [-0.25, -0.2) is 4.98 Å². The molecule has 0 radical (unpaired) electrons. The summed E-state index contributed by atoms with van der Waals surface area (Å²) >= 11 is 1.67. The molecule has 0 aromatic carbocycles. The molecule has 1 atom stereocenters. The Balaban J connectivity index is 2.73. The molecule has 2 nitrogen and oxygen atoms in total. The van der Waals surface area contributed by atoms with Crippen molar-refractivity contribution in [1.29, 1.82) is 0 Å². The van der Waals surface area contributed by atoms with Crippen molar-refractivity contribution in [3.8, 4) is 0 Å². The van der Waals surface area contributed by atoms with Crippen LogP contribution in [0.2, 0.25) is 0 Å². The number of hydrogen-bond acceptors (Lipinski definition) is 3. The molecule has 0 aliphatic heterocycles. The molecule has 1 heterocycles. The zero-order chi connectivity index (χ0) is 8.27.